The molecule has 128 valence electrons. The molecule has 0 radical (unpaired) electrons. The Morgan fingerprint density at radius 2 is 2.04 bits per heavy atom. The van der Waals surface area contributed by atoms with E-state index in [1.165, 1.54) is 0 Å². The number of rotatable bonds is 2. The maximum atomic E-state index is 12.5. The van der Waals surface area contributed by atoms with Gasteiger partial charge < -0.3 is 15.0 Å². The molecule has 2 heterocycles. The van der Waals surface area contributed by atoms with Crippen molar-refractivity contribution < 1.29 is 9.53 Å². The van der Waals surface area contributed by atoms with Gasteiger partial charge in [0.25, 0.3) is 0 Å². The fourth-order valence-corrected chi connectivity index (χ4v) is 2.76. The van der Waals surface area contributed by atoms with Crippen LogP contribution in [0.1, 0.15) is 32.6 Å². The van der Waals surface area contributed by atoms with Gasteiger partial charge in [-0.15, -0.1) is 0 Å². The van der Waals surface area contributed by atoms with Crippen molar-refractivity contribution in [3.05, 3.63) is 42.4 Å². The van der Waals surface area contributed by atoms with Gasteiger partial charge in [-0.2, -0.15) is 0 Å². The molecular formula is C18H24N4O2. The molecule has 6 nitrogen and oxygen atoms in total. The van der Waals surface area contributed by atoms with Crippen molar-refractivity contribution >= 4 is 6.09 Å². The fraction of sp³-hybridized carbons (Fsp3) is 0.444. The van der Waals surface area contributed by atoms with E-state index in [2.05, 4.69) is 15.3 Å². The molecule has 1 aromatic heterocycles. The third kappa shape index (κ3) is 3.76. The Morgan fingerprint density at radius 3 is 2.75 bits per heavy atom. The Bertz CT molecular complexity index is 691. The maximum absolute atomic E-state index is 12.5. The van der Waals surface area contributed by atoms with Gasteiger partial charge in [0, 0.05) is 19.6 Å². The number of benzene rings is 1. The van der Waals surface area contributed by atoms with E-state index in [-0.39, 0.29) is 12.1 Å². The molecule has 0 spiro atoms. The molecule has 2 N–H and O–H groups in total. The van der Waals surface area contributed by atoms with Crippen molar-refractivity contribution in [3.8, 4) is 11.3 Å². The molecule has 3 rings (SSSR count). The second kappa shape index (κ2) is 6.65. The van der Waals surface area contributed by atoms with E-state index in [0.29, 0.717) is 13.1 Å². The smallest absolute Gasteiger partial charge is 0.411 e. The summed E-state index contributed by atoms with van der Waals surface area (Å²) in [5.41, 5.74) is 1.51. The SMILES string of the molecule is CC(C)(C)OC(=O)N1CCNCC1c1ncc(-c2ccccc2)[nH]1. The Labute approximate surface area is 142 Å². The Hall–Kier alpha value is -2.34. The second-order valence-electron chi connectivity index (χ2n) is 6.94. The average molecular weight is 328 g/mol. The highest BCUT2D eigenvalue weighted by Crippen LogP contribution is 2.25. The molecule has 1 unspecified atom stereocenters. The van der Waals surface area contributed by atoms with E-state index in [1.54, 1.807) is 4.90 Å². The second-order valence-corrected chi connectivity index (χ2v) is 6.94. The van der Waals surface area contributed by atoms with Crippen LogP contribution in [0.15, 0.2) is 36.5 Å². The number of carbonyl (C=O) groups excluding carboxylic acids is 1. The van der Waals surface area contributed by atoms with Crippen LogP contribution in [-0.4, -0.2) is 46.2 Å². The number of hydrogen-bond donors (Lipinski definition) is 2. The van der Waals surface area contributed by atoms with Crippen LogP contribution in [0.4, 0.5) is 4.79 Å². The van der Waals surface area contributed by atoms with Crippen LogP contribution in [0.3, 0.4) is 0 Å². The molecule has 1 aliphatic heterocycles. The molecule has 1 aromatic carbocycles. The van der Waals surface area contributed by atoms with E-state index in [9.17, 15) is 4.79 Å². The molecule has 1 atom stereocenters. The monoisotopic (exact) mass is 328 g/mol. The van der Waals surface area contributed by atoms with Crippen molar-refractivity contribution in [2.45, 2.75) is 32.4 Å². The lowest BCUT2D eigenvalue weighted by Crippen LogP contribution is -2.50. The predicted octanol–water partition coefficient (Wildman–Crippen LogP) is 2.96. The van der Waals surface area contributed by atoms with Gasteiger partial charge in [-0.3, -0.25) is 4.90 Å². The van der Waals surface area contributed by atoms with E-state index in [4.69, 9.17) is 4.74 Å². The highest BCUT2D eigenvalue weighted by molar-refractivity contribution is 5.69. The van der Waals surface area contributed by atoms with Gasteiger partial charge in [0.15, 0.2) is 0 Å². The molecule has 1 aliphatic rings. The summed E-state index contributed by atoms with van der Waals surface area (Å²) in [6.45, 7) is 7.64. The Kier molecular flexibility index (Phi) is 4.57. The summed E-state index contributed by atoms with van der Waals surface area (Å²) in [4.78, 5) is 22.1. The van der Waals surface area contributed by atoms with Gasteiger partial charge >= 0.3 is 6.09 Å². The van der Waals surface area contributed by atoms with Crippen LogP contribution in [0.5, 0.6) is 0 Å². The van der Waals surface area contributed by atoms with Crippen LogP contribution in [0.2, 0.25) is 0 Å². The largest absolute Gasteiger partial charge is 0.444 e. The molecular weight excluding hydrogens is 304 g/mol. The van der Waals surface area contributed by atoms with Crippen LogP contribution in [-0.2, 0) is 4.74 Å². The van der Waals surface area contributed by atoms with Gasteiger partial charge in [-0.25, -0.2) is 9.78 Å². The lowest BCUT2D eigenvalue weighted by Gasteiger charge is -2.36. The van der Waals surface area contributed by atoms with Crippen molar-refractivity contribution in [1.29, 1.82) is 0 Å². The third-order valence-electron chi connectivity index (χ3n) is 3.87. The number of ether oxygens (including phenoxy) is 1. The quantitative estimate of drug-likeness (QED) is 0.889. The van der Waals surface area contributed by atoms with E-state index >= 15 is 0 Å². The zero-order chi connectivity index (χ0) is 17.2. The normalized spacial score (nSPS) is 18.5. The Morgan fingerprint density at radius 1 is 1.29 bits per heavy atom. The summed E-state index contributed by atoms with van der Waals surface area (Å²) >= 11 is 0. The van der Waals surface area contributed by atoms with Crippen molar-refractivity contribution in [2.75, 3.05) is 19.6 Å². The Balaban J connectivity index is 1.81. The summed E-state index contributed by atoms with van der Waals surface area (Å²) in [7, 11) is 0. The molecule has 0 bridgehead atoms. The molecule has 2 aromatic rings. The van der Waals surface area contributed by atoms with Gasteiger partial charge in [0.1, 0.15) is 17.5 Å². The number of H-pyrrole nitrogens is 1. The minimum atomic E-state index is -0.509. The number of imidazole rings is 1. The summed E-state index contributed by atoms with van der Waals surface area (Å²) in [6.07, 6.45) is 1.51. The van der Waals surface area contributed by atoms with Gasteiger partial charge in [0.2, 0.25) is 0 Å². The summed E-state index contributed by atoms with van der Waals surface area (Å²) < 4.78 is 5.54. The molecule has 1 saturated heterocycles. The first-order valence-electron chi connectivity index (χ1n) is 8.25. The summed E-state index contributed by atoms with van der Waals surface area (Å²) in [5.74, 6) is 0.770. The van der Waals surface area contributed by atoms with Gasteiger partial charge in [-0.05, 0) is 26.3 Å². The molecule has 24 heavy (non-hydrogen) atoms. The zero-order valence-electron chi connectivity index (χ0n) is 14.4. The average Bonchev–Trinajstić information content (AvgIpc) is 3.04. The molecule has 0 saturated carbocycles. The molecule has 0 aliphatic carbocycles. The van der Waals surface area contributed by atoms with Gasteiger partial charge in [-0.1, -0.05) is 30.3 Å². The van der Waals surface area contributed by atoms with E-state index in [0.717, 1.165) is 23.6 Å². The molecule has 1 fully saturated rings. The van der Waals surface area contributed by atoms with Crippen molar-refractivity contribution in [3.63, 3.8) is 0 Å². The summed E-state index contributed by atoms with van der Waals surface area (Å²) in [6, 6.07) is 9.86. The summed E-state index contributed by atoms with van der Waals surface area (Å²) in [5, 5.41) is 3.32. The maximum Gasteiger partial charge on any atom is 0.411 e. The topological polar surface area (TPSA) is 70.2 Å². The highest BCUT2D eigenvalue weighted by atomic mass is 16.6. The number of aromatic nitrogens is 2. The lowest BCUT2D eigenvalue weighted by atomic mass is 10.1. The first-order chi connectivity index (χ1) is 11.4. The minimum absolute atomic E-state index is 0.161. The van der Waals surface area contributed by atoms with Crippen LogP contribution < -0.4 is 5.32 Å². The van der Waals surface area contributed by atoms with Crippen LogP contribution in [0, 0.1) is 0 Å². The van der Waals surface area contributed by atoms with Crippen LogP contribution >= 0.6 is 0 Å². The van der Waals surface area contributed by atoms with E-state index < -0.39 is 5.60 Å². The number of nitrogens with one attached hydrogen (secondary N) is 2. The highest BCUT2D eigenvalue weighted by Gasteiger charge is 2.33. The first kappa shape index (κ1) is 16.5. The number of hydrogen-bond acceptors (Lipinski definition) is 4. The van der Waals surface area contributed by atoms with Gasteiger partial charge in [0.05, 0.1) is 11.9 Å². The van der Waals surface area contributed by atoms with Crippen molar-refractivity contribution in [1.82, 2.24) is 20.2 Å². The fourth-order valence-electron chi connectivity index (χ4n) is 2.76. The number of aromatic amines is 1. The minimum Gasteiger partial charge on any atom is -0.444 e. The first-order valence-corrected chi connectivity index (χ1v) is 8.25. The standard InChI is InChI=1S/C18H24N4O2/c1-18(2,3)24-17(23)22-10-9-19-12-15(22)16-20-11-14(21-16)13-7-5-4-6-8-13/h4-8,11,15,19H,9-10,12H2,1-3H3,(H,20,21). The van der Waals surface area contributed by atoms with E-state index in [1.807, 2.05) is 57.3 Å². The number of nitrogens with zero attached hydrogens (tertiary/aromatic N) is 2. The zero-order valence-corrected chi connectivity index (χ0v) is 14.4. The number of carbonyl (C=O) groups is 1. The predicted molar refractivity (Wildman–Crippen MR) is 92.6 cm³/mol. The lowest BCUT2D eigenvalue weighted by molar-refractivity contribution is 0.0109. The van der Waals surface area contributed by atoms with Crippen molar-refractivity contribution in [2.24, 2.45) is 0 Å². The number of piperazine rings is 1. The third-order valence-corrected chi connectivity index (χ3v) is 3.87. The van der Waals surface area contributed by atoms with Crippen LogP contribution in [0.25, 0.3) is 11.3 Å². The molecule has 6 heteroatoms. The number of amides is 1. The molecule has 1 amide bonds.